The first-order chi connectivity index (χ1) is 16.5. The zero-order valence-corrected chi connectivity index (χ0v) is 20.0. The first-order valence-electron chi connectivity index (χ1n) is 11.4. The minimum Gasteiger partial charge on any atom is -0.493 e. The Balaban J connectivity index is 1.43. The van der Waals surface area contributed by atoms with Gasteiger partial charge in [0, 0.05) is 29.7 Å². The summed E-state index contributed by atoms with van der Waals surface area (Å²) in [7, 11) is 0. The van der Waals surface area contributed by atoms with Crippen molar-refractivity contribution in [1.29, 1.82) is 0 Å². The molecule has 4 aromatic rings. The van der Waals surface area contributed by atoms with Gasteiger partial charge in [-0.15, -0.1) is 0 Å². The average molecular weight is 493 g/mol. The highest BCUT2D eigenvalue weighted by atomic mass is 35.5. The van der Waals surface area contributed by atoms with E-state index in [4.69, 9.17) is 38.0 Å². The molecule has 1 amide bonds. The van der Waals surface area contributed by atoms with Gasteiger partial charge >= 0.3 is 0 Å². The summed E-state index contributed by atoms with van der Waals surface area (Å²) in [5.74, 6) is 0.949. The molecule has 2 aliphatic rings. The van der Waals surface area contributed by atoms with Crippen LogP contribution in [0.25, 0.3) is 16.8 Å². The third kappa shape index (κ3) is 3.53. The number of ether oxygens (including phenoxy) is 1. The van der Waals surface area contributed by atoms with Gasteiger partial charge in [-0.1, -0.05) is 53.5 Å². The van der Waals surface area contributed by atoms with Gasteiger partial charge < -0.3 is 10.1 Å². The summed E-state index contributed by atoms with van der Waals surface area (Å²) in [5, 5.41) is 8.96. The summed E-state index contributed by atoms with van der Waals surface area (Å²) in [4.78, 5) is 18.2. The van der Waals surface area contributed by atoms with Crippen LogP contribution < -0.4 is 10.1 Å². The molecule has 1 aliphatic carbocycles. The van der Waals surface area contributed by atoms with Crippen LogP contribution in [0.5, 0.6) is 5.75 Å². The first kappa shape index (κ1) is 21.4. The molecule has 6 nitrogen and oxygen atoms in total. The number of nitrogens with one attached hydrogen (secondary N) is 1. The number of para-hydroxylation sites is 1. The van der Waals surface area contributed by atoms with E-state index in [-0.39, 0.29) is 17.9 Å². The number of carbonyl (C=O) groups is 1. The van der Waals surface area contributed by atoms with E-state index >= 15 is 0 Å². The minimum absolute atomic E-state index is 0.111. The fraction of sp³-hybridized carbons (Fsp3) is 0.269. The Bertz CT molecular complexity index is 1440. The monoisotopic (exact) mass is 492 g/mol. The predicted molar refractivity (Wildman–Crippen MR) is 132 cm³/mol. The van der Waals surface area contributed by atoms with Gasteiger partial charge in [0.1, 0.15) is 5.75 Å². The number of nitrogens with zero attached hydrogens (tertiary/aromatic N) is 3. The molecule has 1 aliphatic heterocycles. The van der Waals surface area contributed by atoms with Crippen molar-refractivity contribution in [2.45, 2.75) is 38.1 Å². The molecular weight excluding hydrogens is 471 g/mol. The lowest BCUT2D eigenvalue weighted by Crippen LogP contribution is -2.33. The molecule has 172 valence electrons. The van der Waals surface area contributed by atoms with Crippen LogP contribution in [0, 0.1) is 6.92 Å². The Hall–Kier alpha value is -3.09. The number of benzene rings is 2. The maximum Gasteiger partial charge on any atom is 0.255 e. The highest BCUT2D eigenvalue weighted by molar-refractivity contribution is 6.43. The van der Waals surface area contributed by atoms with E-state index in [9.17, 15) is 4.79 Å². The number of carbonyl (C=O) groups excluding carboxylic acids is 1. The van der Waals surface area contributed by atoms with Crippen LogP contribution in [0.2, 0.25) is 10.0 Å². The number of rotatable bonds is 4. The molecule has 2 aromatic heterocycles. The molecule has 8 heteroatoms. The Labute approximate surface area is 206 Å². The van der Waals surface area contributed by atoms with E-state index in [0.29, 0.717) is 27.9 Å². The lowest BCUT2D eigenvalue weighted by molar-refractivity contribution is 0.0922. The van der Waals surface area contributed by atoms with E-state index in [1.54, 1.807) is 12.3 Å². The van der Waals surface area contributed by atoms with Crippen LogP contribution in [0.3, 0.4) is 0 Å². The normalized spacial score (nSPS) is 17.3. The molecule has 3 heterocycles. The highest BCUT2D eigenvalue weighted by Gasteiger charge is 2.34. The van der Waals surface area contributed by atoms with Crippen LogP contribution >= 0.6 is 23.2 Å². The van der Waals surface area contributed by atoms with Crippen LogP contribution in [0.1, 0.15) is 58.5 Å². The van der Waals surface area contributed by atoms with E-state index in [0.717, 1.165) is 53.1 Å². The lowest BCUT2D eigenvalue weighted by Gasteiger charge is -2.27. The number of fused-ring (bicyclic) bond motifs is 2. The third-order valence-corrected chi connectivity index (χ3v) is 7.37. The standard InChI is InChI=1S/C26H22Cl2N4O2/c1-14-22(17-6-4-7-19(27)23(17)28)25-29-13-18(24(15-9-10-15)32(25)31-14)26(33)30-20-11-12-34-21-8-3-2-5-16(20)21/h2-8,13,15,20H,9-12H2,1H3,(H,30,33)/t20-/m0/s1. The molecular formula is C26H22Cl2N4O2. The zero-order valence-electron chi connectivity index (χ0n) is 18.5. The molecule has 1 atom stereocenters. The van der Waals surface area contributed by atoms with Gasteiger partial charge in [0.05, 0.1) is 45.2 Å². The molecule has 1 N–H and O–H groups in total. The fourth-order valence-corrected chi connectivity index (χ4v) is 5.17. The molecule has 0 radical (unpaired) electrons. The topological polar surface area (TPSA) is 68.5 Å². The number of aryl methyl sites for hydroxylation is 1. The molecule has 0 spiro atoms. The maximum atomic E-state index is 13.5. The Morgan fingerprint density at radius 3 is 2.76 bits per heavy atom. The van der Waals surface area contributed by atoms with Gasteiger partial charge in [-0.05, 0) is 31.9 Å². The smallest absolute Gasteiger partial charge is 0.255 e. The van der Waals surface area contributed by atoms with Gasteiger partial charge in [-0.2, -0.15) is 5.10 Å². The number of hydrogen-bond acceptors (Lipinski definition) is 4. The van der Waals surface area contributed by atoms with E-state index < -0.39 is 0 Å². The van der Waals surface area contributed by atoms with E-state index in [1.165, 1.54) is 0 Å². The second-order valence-corrected chi connectivity index (χ2v) is 9.61. The number of halogens is 2. The predicted octanol–water partition coefficient (Wildman–Crippen LogP) is 6.14. The minimum atomic E-state index is -0.145. The first-order valence-corrected chi connectivity index (χ1v) is 12.1. The number of aromatic nitrogens is 3. The largest absolute Gasteiger partial charge is 0.493 e. The second kappa shape index (κ2) is 8.29. The summed E-state index contributed by atoms with van der Waals surface area (Å²) in [5.41, 5.74) is 5.54. The fourth-order valence-electron chi connectivity index (χ4n) is 4.77. The molecule has 0 bridgehead atoms. The van der Waals surface area contributed by atoms with Crippen molar-refractivity contribution >= 4 is 34.8 Å². The van der Waals surface area contributed by atoms with Crippen LogP contribution in [-0.4, -0.2) is 27.1 Å². The van der Waals surface area contributed by atoms with Gasteiger partial charge in [0.2, 0.25) is 0 Å². The lowest BCUT2D eigenvalue weighted by atomic mass is 10.00. The molecule has 1 saturated carbocycles. The summed E-state index contributed by atoms with van der Waals surface area (Å²) in [6.07, 6.45) is 4.43. The Morgan fingerprint density at radius 1 is 1.12 bits per heavy atom. The Morgan fingerprint density at radius 2 is 1.94 bits per heavy atom. The van der Waals surface area contributed by atoms with Crippen molar-refractivity contribution in [1.82, 2.24) is 19.9 Å². The van der Waals surface area contributed by atoms with Crippen molar-refractivity contribution in [2.75, 3.05) is 6.61 Å². The number of hydrogen-bond donors (Lipinski definition) is 1. The SMILES string of the molecule is Cc1nn2c(C3CC3)c(C(=O)N[C@H]3CCOc4ccccc43)cnc2c1-c1cccc(Cl)c1Cl. The molecule has 1 fully saturated rings. The molecule has 0 unspecified atom stereocenters. The van der Waals surface area contributed by atoms with Crippen LogP contribution in [-0.2, 0) is 0 Å². The zero-order chi connectivity index (χ0) is 23.4. The summed E-state index contributed by atoms with van der Waals surface area (Å²) < 4.78 is 7.57. The summed E-state index contributed by atoms with van der Waals surface area (Å²) in [6.45, 7) is 2.49. The van der Waals surface area contributed by atoms with Gasteiger partial charge in [-0.25, -0.2) is 9.50 Å². The van der Waals surface area contributed by atoms with Gasteiger partial charge in [0.25, 0.3) is 5.91 Å². The third-order valence-electron chi connectivity index (χ3n) is 6.55. The van der Waals surface area contributed by atoms with Crippen molar-refractivity contribution in [2.24, 2.45) is 0 Å². The van der Waals surface area contributed by atoms with Crippen molar-refractivity contribution in [3.63, 3.8) is 0 Å². The van der Waals surface area contributed by atoms with E-state index in [2.05, 4.69) is 5.32 Å². The van der Waals surface area contributed by atoms with Crippen LogP contribution in [0.4, 0.5) is 0 Å². The Kier molecular flexibility index (Phi) is 5.23. The summed E-state index contributed by atoms with van der Waals surface area (Å²) >= 11 is 12.8. The molecule has 6 rings (SSSR count). The molecule has 2 aromatic carbocycles. The second-order valence-electron chi connectivity index (χ2n) is 8.83. The molecule has 34 heavy (non-hydrogen) atoms. The average Bonchev–Trinajstić information content (AvgIpc) is 3.62. The van der Waals surface area contributed by atoms with Crippen molar-refractivity contribution in [3.8, 4) is 16.9 Å². The number of amides is 1. The van der Waals surface area contributed by atoms with Crippen molar-refractivity contribution < 1.29 is 9.53 Å². The van der Waals surface area contributed by atoms with E-state index in [1.807, 2.05) is 47.8 Å². The quantitative estimate of drug-likeness (QED) is 0.371. The van der Waals surface area contributed by atoms with Crippen LogP contribution in [0.15, 0.2) is 48.7 Å². The van der Waals surface area contributed by atoms with Crippen molar-refractivity contribution in [3.05, 3.63) is 81.2 Å². The highest BCUT2D eigenvalue weighted by Crippen LogP contribution is 2.44. The maximum absolute atomic E-state index is 13.5. The molecule has 0 saturated heterocycles. The van der Waals surface area contributed by atoms with Gasteiger partial charge in [-0.3, -0.25) is 4.79 Å². The summed E-state index contributed by atoms with van der Waals surface area (Å²) in [6, 6.07) is 13.3. The van der Waals surface area contributed by atoms with Gasteiger partial charge in [0.15, 0.2) is 5.65 Å².